The molecular weight excluding hydrogens is 371 g/mol. The number of hydrogen-bond donors (Lipinski definition) is 1. The van der Waals surface area contributed by atoms with Gasteiger partial charge in [0.15, 0.2) is 0 Å². The molecule has 0 bridgehead atoms. The Bertz CT molecular complexity index is 297. The molecule has 1 rings (SSSR count). The van der Waals surface area contributed by atoms with E-state index in [2.05, 4.69) is 6.92 Å². The molecule has 0 unspecified atom stereocenters. The van der Waals surface area contributed by atoms with E-state index in [0.717, 1.165) is 24.8 Å². The van der Waals surface area contributed by atoms with Gasteiger partial charge in [0.2, 0.25) is 0 Å². The van der Waals surface area contributed by atoms with Crippen molar-refractivity contribution >= 4 is 33.3 Å². The summed E-state index contributed by atoms with van der Waals surface area (Å²) in [5, 5.41) is 8.86. The minimum atomic E-state index is -0.827. The second kappa shape index (κ2) is 6.98. The summed E-state index contributed by atoms with van der Waals surface area (Å²) in [4.78, 5) is 10.8. The van der Waals surface area contributed by atoms with Gasteiger partial charge >= 0.3 is 5.97 Å². The van der Waals surface area contributed by atoms with Gasteiger partial charge < -0.3 is 5.11 Å². The van der Waals surface area contributed by atoms with Crippen molar-refractivity contribution in [3.8, 4) is 0 Å². The van der Waals surface area contributed by atoms with Crippen LogP contribution >= 0.6 is 0 Å². The molecule has 2 nitrogen and oxygen atoms in total. The quantitative estimate of drug-likeness (QED) is 0.808. The zero-order valence-corrected chi connectivity index (χ0v) is 12.2. The maximum atomic E-state index is 10.8. The molecule has 1 aromatic rings. The van der Waals surface area contributed by atoms with Crippen molar-refractivity contribution in [3.05, 3.63) is 35.4 Å². The summed E-state index contributed by atoms with van der Waals surface area (Å²) in [5.74, 6) is -0.827. The molecule has 0 aromatic heterocycles. The summed E-state index contributed by atoms with van der Waals surface area (Å²) in [7, 11) is 0. The Kier molecular flexibility index (Phi) is 6.78. The molecule has 0 saturated heterocycles. The Morgan fingerprint density at radius 3 is 2.57 bits per heavy atom. The van der Waals surface area contributed by atoms with Gasteiger partial charge in [0.1, 0.15) is 0 Å². The Hall–Kier alpha value is -0.388. The molecule has 74 valence electrons. The predicted octanol–water partition coefficient (Wildman–Crippen LogP) is 2.35. The van der Waals surface area contributed by atoms with Crippen LogP contribution in [0.5, 0.6) is 0 Å². The van der Waals surface area contributed by atoms with Crippen molar-refractivity contribution in [1.82, 2.24) is 0 Å². The molecule has 3 heteroatoms. The number of hydrogen-bond acceptors (Lipinski definition) is 1. The van der Waals surface area contributed by atoms with Gasteiger partial charge in [-0.05, 0) is 24.5 Å². The van der Waals surface area contributed by atoms with Crippen LogP contribution in [0.25, 0.3) is 0 Å². The SMILES string of the molecule is CCCCc1ccccc1C(=O)O.[Pb]. The van der Waals surface area contributed by atoms with E-state index in [-0.39, 0.29) is 27.3 Å². The first-order valence-corrected chi connectivity index (χ1v) is 4.57. The number of aromatic carboxylic acids is 1. The monoisotopic (exact) mass is 386 g/mol. The Morgan fingerprint density at radius 2 is 2.00 bits per heavy atom. The van der Waals surface area contributed by atoms with Crippen LogP contribution in [0.2, 0.25) is 0 Å². The molecule has 0 saturated carbocycles. The second-order valence-electron chi connectivity index (χ2n) is 3.07. The van der Waals surface area contributed by atoms with Crippen LogP contribution in [0.1, 0.15) is 35.7 Å². The molecule has 0 heterocycles. The van der Waals surface area contributed by atoms with Crippen LogP contribution in [-0.2, 0) is 6.42 Å². The Labute approximate surface area is 104 Å². The van der Waals surface area contributed by atoms with E-state index in [0.29, 0.717) is 5.56 Å². The average molecular weight is 385 g/mol. The smallest absolute Gasteiger partial charge is 0.335 e. The van der Waals surface area contributed by atoms with E-state index in [1.807, 2.05) is 12.1 Å². The molecule has 0 spiro atoms. The van der Waals surface area contributed by atoms with Crippen molar-refractivity contribution < 1.29 is 9.90 Å². The number of benzene rings is 1. The van der Waals surface area contributed by atoms with Crippen molar-refractivity contribution in [2.45, 2.75) is 26.2 Å². The number of carboxylic acid groups (broad SMARTS) is 1. The zero-order chi connectivity index (χ0) is 9.68. The van der Waals surface area contributed by atoms with E-state index in [1.54, 1.807) is 12.1 Å². The van der Waals surface area contributed by atoms with Gasteiger partial charge in [-0.15, -0.1) is 0 Å². The topological polar surface area (TPSA) is 37.3 Å². The number of unbranched alkanes of at least 4 members (excludes halogenated alkanes) is 1. The second-order valence-corrected chi connectivity index (χ2v) is 3.07. The minimum Gasteiger partial charge on any atom is -0.478 e. The fourth-order valence-electron chi connectivity index (χ4n) is 1.31. The third-order valence-electron chi connectivity index (χ3n) is 2.05. The van der Waals surface area contributed by atoms with Crippen LogP contribution in [0, 0.1) is 0 Å². The zero-order valence-electron chi connectivity index (χ0n) is 8.29. The third kappa shape index (κ3) is 3.78. The van der Waals surface area contributed by atoms with E-state index >= 15 is 0 Å². The maximum Gasteiger partial charge on any atom is 0.335 e. The number of rotatable bonds is 4. The van der Waals surface area contributed by atoms with Crippen LogP contribution in [0.15, 0.2) is 24.3 Å². The number of aryl methyl sites for hydroxylation is 1. The van der Waals surface area contributed by atoms with Gasteiger partial charge in [0.05, 0.1) is 5.56 Å². The van der Waals surface area contributed by atoms with Gasteiger partial charge in [-0.2, -0.15) is 0 Å². The van der Waals surface area contributed by atoms with Crippen LogP contribution in [0.4, 0.5) is 0 Å². The summed E-state index contributed by atoms with van der Waals surface area (Å²) in [6.07, 6.45) is 3.00. The van der Waals surface area contributed by atoms with E-state index in [4.69, 9.17) is 5.11 Å². The first-order chi connectivity index (χ1) is 6.25. The Balaban J connectivity index is 0.00000169. The molecule has 14 heavy (non-hydrogen) atoms. The maximum absolute atomic E-state index is 10.8. The fraction of sp³-hybridized carbons (Fsp3) is 0.364. The van der Waals surface area contributed by atoms with Gasteiger partial charge in [-0.25, -0.2) is 4.79 Å². The van der Waals surface area contributed by atoms with E-state index in [1.165, 1.54) is 0 Å². The van der Waals surface area contributed by atoms with Gasteiger partial charge in [-0.1, -0.05) is 31.5 Å². The predicted molar refractivity (Wildman–Crippen MR) is 57.8 cm³/mol. The molecule has 0 aliphatic carbocycles. The summed E-state index contributed by atoms with van der Waals surface area (Å²) in [5.41, 5.74) is 1.38. The average Bonchev–Trinajstić information content (AvgIpc) is 2.15. The molecule has 1 N–H and O–H groups in total. The van der Waals surface area contributed by atoms with Gasteiger partial charge in [0.25, 0.3) is 0 Å². The normalized spacial score (nSPS) is 9.21. The first-order valence-electron chi connectivity index (χ1n) is 4.57. The van der Waals surface area contributed by atoms with Crippen molar-refractivity contribution in [2.75, 3.05) is 0 Å². The molecule has 1 aromatic carbocycles. The summed E-state index contributed by atoms with van der Waals surface area (Å²) >= 11 is 0. The molecule has 4 radical (unpaired) electrons. The van der Waals surface area contributed by atoms with Crippen LogP contribution in [0.3, 0.4) is 0 Å². The standard InChI is InChI=1S/C11H14O2.Pb/c1-2-3-6-9-7-4-5-8-10(9)11(12)13;/h4-5,7-8H,2-3,6H2,1H3,(H,12,13);. The Morgan fingerprint density at radius 1 is 1.36 bits per heavy atom. The van der Waals surface area contributed by atoms with E-state index < -0.39 is 5.97 Å². The number of carboxylic acids is 1. The van der Waals surface area contributed by atoms with Crippen LogP contribution < -0.4 is 0 Å². The van der Waals surface area contributed by atoms with Crippen molar-refractivity contribution in [2.24, 2.45) is 0 Å². The molecule has 0 amide bonds. The molecule has 0 fully saturated rings. The van der Waals surface area contributed by atoms with E-state index in [9.17, 15) is 4.79 Å². The summed E-state index contributed by atoms with van der Waals surface area (Å²) in [6.45, 7) is 2.10. The first kappa shape index (κ1) is 13.6. The molecular formula is C11H14O2Pb. The van der Waals surface area contributed by atoms with Gasteiger partial charge in [-0.3, -0.25) is 0 Å². The van der Waals surface area contributed by atoms with Crippen molar-refractivity contribution in [3.63, 3.8) is 0 Å². The molecule has 0 atom stereocenters. The fourth-order valence-corrected chi connectivity index (χ4v) is 1.31. The van der Waals surface area contributed by atoms with Crippen LogP contribution in [-0.4, -0.2) is 38.4 Å². The largest absolute Gasteiger partial charge is 0.478 e. The van der Waals surface area contributed by atoms with Crippen molar-refractivity contribution in [1.29, 1.82) is 0 Å². The number of carbonyl (C=O) groups is 1. The summed E-state index contributed by atoms with van der Waals surface area (Å²) in [6, 6.07) is 7.20. The molecule has 0 aliphatic rings. The minimum absolute atomic E-state index is 0. The summed E-state index contributed by atoms with van der Waals surface area (Å²) < 4.78 is 0. The van der Waals surface area contributed by atoms with Gasteiger partial charge in [0, 0.05) is 27.3 Å². The molecule has 0 aliphatic heterocycles. The third-order valence-corrected chi connectivity index (χ3v) is 2.05.